The molecule has 0 saturated heterocycles. The summed E-state index contributed by atoms with van der Waals surface area (Å²) in [6.45, 7) is 1.43. The van der Waals surface area contributed by atoms with Gasteiger partial charge in [0.2, 0.25) is 0 Å². The smallest absolute Gasteiger partial charge is 0.265 e. The van der Waals surface area contributed by atoms with Crippen LogP contribution in [0.2, 0.25) is 0 Å². The number of ketones is 1. The van der Waals surface area contributed by atoms with Gasteiger partial charge in [0.15, 0.2) is 15.6 Å². The van der Waals surface area contributed by atoms with Gasteiger partial charge in [-0.15, -0.1) is 0 Å². The molecule has 1 radical (unpaired) electrons. The van der Waals surface area contributed by atoms with Crippen LogP contribution in [0, 0.1) is 6.07 Å². The van der Waals surface area contributed by atoms with Crippen LogP contribution < -0.4 is 0 Å². The zero-order valence-corrected chi connectivity index (χ0v) is 12.7. The fourth-order valence-electron chi connectivity index (χ4n) is 2.05. The molecule has 2 rings (SSSR count). The fourth-order valence-corrected chi connectivity index (χ4v) is 2.90. The number of hydrogen-bond donors (Lipinski definition) is 0. The fraction of sp³-hybridized carbons (Fsp3) is 0.188. The quantitative estimate of drug-likeness (QED) is 0.806. The van der Waals surface area contributed by atoms with Crippen molar-refractivity contribution >= 4 is 15.6 Å². The molecule has 0 heterocycles. The Kier molecular flexibility index (Phi) is 4.42. The Bertz CT molecular complexity index is 810. The maximum absolute atomic E-state index is 13.1. The van der Waals surface area contributed by atoms with E-state index >= 15 is 0 Å². The first-order chi connectivity index (χ1) is 10.2. The van der Waals surface area contributed by atoms with Crippen LogP contribution in [0.5, 0.6) is 0 Å². The molecule has 6 heteroatoms. The molecule has 0 unspecified atom stereocenters. The maximum atomic E-state index is 13.1. The Labute approximate surface area is 127 Å². The molecule has 22 heavy (non-hydrogen) atoms. The monoisotopic (exact) mass is 323 g/mol. The molecule has 115 valence electrons. The van der Waals surface area contributed by atoms with E-state index in [-0.39, 0.29) is 5.78 Å². The van der Waals surface area contributed by atoms with Gasteiger partial charge in [0.05, 0.1) is 4.90 Å². The lowest BCUT2D eigenvalue weighted by molar-refractivity contribution is 0.101. The number of Topliss-reactive ketones (excluding diaryl/α,β-unsaturated/α-hetero) is 1. The van der Waals surface area contributed by atoms with Crippen LogP contribution in [-0.2, 0) is 9.84 Å². The molecule has 2 aromatic rings. The van der Waals surface area contributed by atoms with E-state index in [0.29, 0.717) is 16.7 Å². The van der Waals surface area contributed by atoms with Crippen molar-refractivity contribution in [1.82, 2.24) is 0 Å². The number of carbonyl (C=O) groups is 1. The Morgan fingerprint density at radius 3 is 2.18 bits per heavy atom. The predicted molar refractivity (Wildman–Crippen MR) is 78.8 cm³/mol. The molecular formula is C16H13F2O3S. The van der Waals surface area contributed by atoms with E-state index in [2.05, 4.69) is 6.07 Å². The highest BCUT2D eigenvalue weighted by Gasteiger charge is 2.21. The molecule has 0 N–H and O–H groups in total. The summed E-state index contributed by atoms with van der Waals surface area (Å²) >= 11 is 0. The standard InChI is InChI=1S/C16H13F2O3S/c1-10(19)11-3-5-12(6-4-11)13-7-8-15(22(2,20)21)14(9-13)16(17)18/h3-7,9,16H,1-2H3. The van der Waals surface area contributed by atoms with Crippen molar-refractivity contribution in [3.8, 4) is 11.1 Å². The number of sulfone groups is 1. The first kappa shape index (κ1) is 16.3. The molecule has 0 aliphatic rings. The highest BCUT2D eigenvalue weighted by molar-refractivity contribution is 7.90. The van der Waals surface area contributed by atoms with E-state index in [1.807, 2.05) is 0 Å². The largest absolute Gasteiger partial charge is 0.295 e. The Morgan fingerprint density at radius 1 is 1.14 bits per heavy atom. The summed E-state index contributed by atoms with van der Waals surface area (Å²) in [4.78, 5) is 10.7. The number of rotatable bonds is 4. The summed E-state index contributed by atoms with van der Waals surface area (Å²) in [5.41, 5.74) is 0.950. The van der Waals surface area contributed by atoms with Gasteiger partial charge in [-0.1, -0.05) is 24.3 Å². The molecule has 3 nitrogen and oxygen atoms in total. The number of halogens is 2. The first-order valence-electron chi connectivity index (χ1n) is 6.35. The topological polar surface area (TPSA) is 51.2 Å². The van der Waals surface area contributed by atoms with Gasteiger partial charge in [0.1, 0.15) is 0 Å². The molecule has 0 spiro atoms. The molecular weight excluding hydrogens is 310 g/mol. The third-order valence-electron chi connectivity index (χ3n) is 3.16. The molecule has 0 aliphatic heterocycles. The maximum Gasteiger partial charge on any atom is 0.265 e. The van der Waals surface area contributed by atoms with E-state index in [0.717, 1.165) is 12.3 Å². The van der Waals surface area contributed by atoms with Gasteiger partial charge in [-0.05, 0) is 30.2 Å². The Hall–Kier alpha value is -2.08. The van der Waals surface area contributed by atoms with Crippen LogP contribution >= 0.6 is 0 Å². The number of alkyl halides is 2. The third kappa shape index (κ3) is 3.39. The lowest BCUT2D eigenvalue weighted by atomic mass is 10.0. The minimum Gasteiger partial charge on any atom is -0.295 e. The summed E-state index contributed by atoms with van der Waals surface area (Å²) < 4.78 is 49.2. The first-order valence-corrected chi connectivity index (χ1v) is 8.24. The van der Waals surface area contributed by atoms with Crippen LogP contribution in [0.1, 0.15) is 29.3 Å². The Balaban J connectivity index is 2.53. The molecule has 0 atom stereocenters. The van der Waals surface area contributed by atoms with Gasteiger partial charge in [-0.25, -0.2) is 17.2 Å². The lowest BCUT2D eigenvalue weighted by Gasteiger charge is -2.10. The summed E-state index contributed by atoms with van der Waals surface area (Å²) in [5, 5.41) is 0. The number of benzene rings is 2. The van der Waals surface area contributed by atoms with Crippen LogP contribution in [0.4, 0.5) is 8.78 Å². The van der Waals surface area contributed by atoms with Crippen LogP contribution in [0.25, 0.3) is 11.1 Å². The van der Waals surface area contributed by atoms with E-state index in [1.165, 1.54) is 13.0 Å². The van der Waals surface area contributed by atoms with Gasteiger partial charge in [-0.3, -0.25) is 4.79 Å². The van der Waals surface area contributed by atoms with Crippen molar-refractivity contribution in [3.05, 3.63) is 53.6 Å². The van der Waals surface area contributed by atoms with E-state index in [1.54, 1.807) is 24.3 Å². The normalized spacial score (nSPS) is 11.7. The molecule has 0 amide bonds. The predicted octanol–water partition coefficient (Wildman–Crippen LogP) is 3.70. The SMILES string of the molecule is CC(=O)c1ccc(-c2c[c]c(S(C)(=O)=O)c(C(F)F)c2)cc1. The highest BCUT2D eigenvalue weighted by atomic mass is 32.2. The molecule has 0 aliphatic carbocycles. The van der Waals surface area contributed by atoms with E-state index in [9.17, 15) is 22.0 Å². The van der Waals surface area contributed by atoms with Gasteiger partial charge in [0.25, 0.3) is 6.43 Å². The van der Waals surface area contributed by atoms with E-state index < -0.39 is 26.7 Å². The summed E-state index contributed by atoms with van der Waals surface area (Å²) in [5.74, 6) is -0.0983. The van der Waals surface area contributed by atoms with E-state index in [4.69, 9.17) is 0 Å². The van der Waals surface area contributed by atoms with Crippen molar-refractivity contribution in [1.29, 1.82) is 0 Å². The number of carbonyl (C=O) groups excluding carboxylic acids is 1. The van der Waals surface area contributed by atoms with Crippen LogP contribution in [0.15, 0.2) is 41.3 Å². The zero-order chi connectivity index (χ0) is 16.5. The van der Waals surface area contributed by atoms with Gasteiger partial charge in [0, 0.05) is 23.4 Å². The third-order valence-corrected chi connectivity index (χ3v) is 4.26. The minimum atomic E-state index is -3.78. The second-order valence-corrected chi connectivity index (χ2v) is 6.83. The molecule has 2 aromatic carbocycles. The van der Waals surface area contributed by atoms with Crippen molar-refractivity contribution in [2.24, 2.45) is 0 Å². The van der Waals surface area contributed by atoms with Gasteiger partial charge >= 0.3 is 0 Å². The molecule has 0 saturated carbocycles. The van der Waals surface area contributed by atoms with Crippen LogP contribution in [-0.4, -0.2) is 20.5 Å². The summed E-state index contributed by atoms with van der Waals surface area (Å²) in [6.07, 6.45) is -2.05. The van der Waals surface area contributed by atoms with Crippen molar-refractivity contribution in [3.63, 3.8) is 0 Å². The molecule has 0 fully saturated rings. The van der Waals surface area contributed by atoms with Gasteiger partial charge in [-0.2, -0.15) is 0 Å². The summed E-state index contributed by atoms with van der Waals surface area (Å²) in [7, 11) is -3.78. The second kappa shape index (κ2) is 5.96. The molecule has 0 bridgehead atoms. The lowest BCUT2D eigenvalue weighted by Crippen LogP contribution is -2.03. The minimum absolute atomic E-state index is 0.0983. The van der Waals surface area contributed by atoms with Crippen molar-refractivity contribution in [2.75, 3.05) is 6.26 Å². The zero-order valence-electron chi connectivity index (χ0n) is 11.9. The van der Waals surface area contributed by atoms with Crippen molar-refractivity contribution < 1.29 is 22.0 Å². The summed E-state index contributed by atoms with van der Waals surface area (Å²) in [6, 6.07) is 11.3. The average Bonchev–Trinajstić information content (AvgIpc) is 2.45. The molecule has 0 aromatic heterocycles. The van der Waals surface area contributed by atoms with Crippen LogP contribution in [0.3, 0.4) is 0 Å². The van der Waals surface area contributed by atoms with Gasteiger partial charge < -0.3 is 0 Å². The number of hydrogen-bond acceptors (Lipinski definition) is 3. The average molecular weight is 323 g/mol. The highest BCUT2D eigenvalue weighted by Crippen LogP contribution is 2.31. The van der Waals surface area contributed by atoms with Crippen molar-refractivity contribution in [2.45, 2.75) is 18.2 Å². The Morgan fingerprint density at radius 2 is 1.73 bits per heavy atom. The second-order valence-electron chi connectivity index (χ2n) is 4.88.